The van der Waals surface area contributed by atoms with Crippen molar-refractivity contribution in [3.8, 4) is 0 Å². The van der Waals surface area contributed by atoms with Gasteiger partial charge < -0.3 is 0 Å². The Hall–Kier alpha value is -2.12. The Kier molecular flexibility index (Phi) is 2.93. The van der Waals surface area contributed by atoms with Crippen LogP contribution < -0.4 is 5.69 Å². The molecule has 0 saturated heterocycles. The lowest BCUT2D eigenvalue weighted by atomic mass is 10.3. The van der Waals surface area contributed by atoms with E-state index in [1.807, 2.05) is 0 Å². The van der Waals surface area contributed by atoms with Gasteiger partial charge in [0.2, 0.25) is 5.82 Å². The zero-order valence-corrected chi connectivity index (χ0v) is 9.35. The van der Waals surface area contributed by atoms with Crippen molar-refractivity contribution in [2.75, 3.05) is 0 Å². The first-order valence-electron chi connectivity index (χ1n) is 4.99. The smallest absolute Gasteiger partial charge is 0.274 e. The molecule has 2 aromatic rings. The maximum Gasteiger partial charge on any atom is 0.451 e. The van der Waals surface area contributed by atoms with Gasteiger partial charge >= 0.3 is 11.9 Å². The molecule has 0 bridgehead atoms. The van der Waals surface area contributed by atoms with Gasteiger partial charge in [0, 0.05) is 19.4 Å². The summed E-state index contributed by atoms with van der Waals surface area (Å²) in [5, 5.41) is 3.29. The zero-order valence-electron chi connectivity index (χ0n) is 9.35. The van der Waals surface area contributed by atoms with E-state index in [2.05, 4.69) is 10.1 Å². The summed E-state index contributed by atoms with van der Waals surface area (Å²) in [6.45, 7) is -0.0450. The first-order valence-corrected chi connectivity index (χ1v) is 4.99. The van der Waals surface area contributed by atoms with Gasteiger partial charge in [-0.1, -0.05) is 6.07 Å². The molecule has 0 aliphatic heterocycles. The highest BCUT2D eigenvalue weighted by atomic mass is 19.4. The molecule has 0 radical (unpaired) electrons. The quantitative estimate of drug-likeness (QED) is 0.808. The summed E-state index contributed by atoms with van der Waals surface area (Å²) in [6.07, 6.45) is -1.64. The minimum Gasteiger partial charge on any atom is -0.274 e. The molecule has 5 nitrogen and oxygen atoms in total. The van der Waals surface area contributed by atoms with E-state index in [4.69, 9.17) is 0 Å². The van der Waals surface area contributed by atoms with Gasteiger partial charge in [-0.2, -0.15) is 13.2 Å². The molecule has 0 saturated carbocycles. The summed E-state index contributed by atoms with van der Waals surface area (Å²) in [6, 6.07) is 3.29. The van der Waals surface area contributed by atoms with E-state index in [1.54, 1.807) is 12.1 Å². The molecule has 0 unspecified atom stereocenters. The molecule has 0 aromatic carbocycles. The van der Waals surface area contributed by atoms with E-state index in [0.29, 0.717) is 10.1 Å². The number of aromatic nitrogens is 4. The average Bonchev–Trinajstić information content (AvgIpc) is 2.58. The molecule has 2 heterocycles. The third kappa shape index (κ3) is 2.27. The van der Waals surface area contributed by atoms with Crippen molar-refractivity contribution in [3.05, 3.63) is 46.4 Å². The number of halogens is 3. The van der Waals surface area contributed by atoms with Gasteiger partial charge in [-0.3, -0.25) is 9.55 Å². The fourth-order valence-electron chi connectivity index (χ4n) is 1.50. The molecule has 18 heavy (non-hydrogen) atoms. The molecule has 2 aromatic heterocycles. The minimum atomic E-state index is -4.64. The summed E-state index contributed by atoms with van der Waals surface area (Å²) in [5.41, 5.74) is -0.211. The van der Waals surface area contributed by atoms with Crippen molar-refractivity contribution >= 4 is 0 Å². The first kappa shape index (κ1) is 12.3. The van der Waals surface area contributed by atoms with Gasteiger partial charge in [-0.05, 0) is 11.6 Å². The van der Waals surface area contributed by atoms with Crippen LogP contribution in [0.5, 0.6) is 0 Å². The van der Waals surface area contributed by atoms with Crippen molar-refractivity contribution < 1.29 is 13.2 Å². The third-order valence-electron chi connectivity index (χ3n) is 2.35. The fourth-order valence-corrected chi connectivity index (χ4v) is 1.50. The summed E-state index contributed by atoms with van der Waals surface area (Å²) < 4.78 is 38.8. The van der Waals surface area contributed by atoms with E-state index < -0.39 is 17.7 Å². The Labute approximate surface area is 99.5 Å². The number of pyridine rings is 1. The Bertz CT molecular complexity index is 600. The van der Waals surface area contributed by atoms with Crippen LogP contribution in [-0.2, 0) is 19.8 Å². The van der Waals surface area contributed by atoms with Gasteiger partial charge in [0.25, 0.3) is 0 Å². The molecular formula is C10H9F3N4O. The normalized spacial score (nSPS) is 11.8. The molecule has 0 amide bonds. The highest BCUT2D eigenvalue weighted by molar-refractivity contribution is 5.08. The lowest BCUT2D eigenvalue weighted by Gasteiger charge is -2.02. The first-order chi connectivity index (χ1) is 8.39. The van der Waals surface area contributed by atoms with Crippen LogP contribution in [0.25, 0.3) is 0 Å². The highest BCUT2D eigenvalue weighted by Gasteiger charge is 2.37. The van der Waals surface area contributed by atoms with E-state index >= 15 is 0 Å². The summed E-state index contributed by atoms with van der Waals surface area (Å²) >= 11 is 0. The molecule has 96 valence electrons. The Morgan fingerprint density at radius 2 is 2.11 bits per heavy atom. The number of hydrogen-bond donors (Lipinski definition) is 0. The van der Waals surface area contributed by atoms with Crippen molar-refractivity contribution in [1.82, 2.24) is 19.3 Å². The summed E-state index contributed by atoms with van der Waals surface area (Å²) in [7, 11) is 1.04. The van der Waals surface area contributed by atoms with Gasteiger partial charge in [-0.25, -0.2) is 9.48 Å². The molecule has 2 rings (SSSR count). The maximum absolute atomic E-state index is 12.5. The number of rotatable bonds is 2. The fraction of sp³-hybridized carbons (Fsp3) is 0.300. The van der Waals surface area contributed by atoms with Crippen LogP contribution >= 0.6 is 0 Å². The predicted octanol–water partition coefficient (Wildman–Crippen LogP) is 1.04. The van der Waals surface area contributed by atoms with Crippen molar-refractivity contribution in [2.24, 2.45) is 7.05 Å². The molecule has 0 atom stereocenters. The highest BCUT2D eigenvalue weighted by Crippen LogP contribution is 2.26. The number of alkyl halides is 3. The van der Waals surface area contributed by atoms with Crippen LogP contribution in [0.1, 0.15) is 11.4 Å². The Morgan fingerprint density at radius 1 is 1.39 bits per heavy atom. The van der Waals surface area contributed by atoms with Crippen LogP contribution in [0, 0.1) is 0 Å². The van der Waals surface area contributed by atoms with Crippen LogP contribution in [0.2, 0.25) is 0 Å². The second-order valence-corrected chi connectivity index (χ2v) is 3.68. The summed E-state index contributed by atoms with van der Waals surface area (Å²) in [5.74, 6) is -1.21. The molecule has 0 aliphatic carbocycles. The lowest BCUT2D eigenvalue weighted by Crippen LogP contribution is -2.24. The minimum absolute atomic E-state index is 0.0450. The van der Waals surface area contributed by atoms with Gasteiger partial charge in [0.15, 0.2) is 0 Å². The predicted molar refractivity (Wildman–Crippen MR) is 55.8 cm³/mol. The maximum atomic E-state index is 12.5. The average molecular weight is 258 g/mol. The van der Waals surface area contributed by atoms with Crippen LogP contribution in [0.4, 0.5) is 13.2 Å². The number of nitrogens with zero attached hydrogens (tertiary/aromatic N) is 4. The molecule has 8 heteroatoms. The molecule has 0 spiro atoms. The molecular weight excluding hydrogens is 249 g/mol. The monoisotopic (exact) mass is 258 g/mol. The van der Waals surface area contributed by atoms with Crippen molar-refractivity contribution in [2.45, 2.75) is 12.7 Å². The molecule has 0 fully saturated rings. The Morgan fingerprint density at radius 3 is 2.61 bits per heavy atom. The topological polar surface area (TPSA) is 52.7 Å². The Balaban J connectivity index is 2.39. The van der Waals surface area contributed by atoms with E-state index in [0.717, 1.165) is 11.7 Å². The van der Waals surface area contributed by atoms with Crippen molar-refractivity contribution in [1.29, 1.82) is 0 Å². The van der Waals surface area contributed by atoms with E-state index in [-0.39, 0.29) is 6.54 Å². The zero-order chi connectivity index (χ0) is 13.3. The lowest BCUT2D eigenvalue weighted by molar-refractivity contribution is -0.147. The SMILES string of the molecule is Cn1c(C(F)(F)F)nn(Cc2cccnc2)c1=O. The second-order valence-electron chi connectivity index (χ2n) is 3.68. The molecule has 0 aliphatic rings. The van der Waals surface area contributed by atoms with Crippen LogP contribution in [0.3, 0.4) is 0 Å². The summed E-state index contributed by atoms with van der Waals surface area (Å²) in [4.78, 5) is 15.4. The third-order valence-corrected chi connectivity index (χ3v) is 2.35. The molecule has 0 N–H and O–H groups in total. The van der Waals surface area contributed by atoms with Crippen LogP contribution in [0.15, 0.2) is 29.3 Å². The van der Waals surface area contributed by atoms with Gasteiger partial charge in [0.1, 0.15) is 0 Å². The standard InChI is InChI=1S/C10H9F3N4O/c1-16-8(10(11,12)13)15-17(9(16)18)6-7-3-2-4-14-5-7/h2-5H,6H2,1H3. The largest absolute Gasteiger partial charge is 0.451 e. The van der Waals surface area contributed by atoms with Gasteiger partial charge in [0.05, 0.1) is 6.54 Å². The number of hydrogen-bond acceptors (Lipinski definition) is 3. The van der Waals surface area contributed by atoms with Gasteiger partial charge in [-0.15, -0.1) is 5.10 Å². The van der Waals surface area contributed by atoms with Crippen LogP contribution in [-0.4, -0.2) is 19.3 Å². The van der Waals surface area contributed by atoms with E-state index in [9.17, 15) is 18.0 Å². The van der Waals surface area contributed by atoms with E-state index in [1.165, 1.54) is 12.4 Å². The van der Waals surface area contributed by atoms with Crippen molar-refractivity contribution in [3.63, 3.8) is 0 Å². The second kappa shape index (κ2) is 4.28.